The molecule has 0 aromatic heterocycles. The number of nitrogens with zero attached hydrogens (tertiary/aromatic N) is 1. The van der Waals surface area contributed by atoms with Gasteiger partial charge in [0, 0.05) is 23.6 Å². The van der Waals surface area contributed by atoms with E-state index in [9.17, 15) is 9.59 Å². The van der Waals surface area contributed by atoms with Crippen molar-refractivity contribution < 1.29 is 9.59 Å². The van der Waals surface area contributed by atoms with E-state index in [2.05, 4.69) is 5.32 Å². The van der Waals surface area contributed by atoms with E-state index in [0.29, 0.717) is 37.6 Å². The average molecular weight is 462 g/mol. The van der Waals surface area contributed by atoms with Crippen LogP contribution in [-0.4, -0.2) is 29.8 Å². The summed E-state index contributed by atoms with van der Waals surface area (Å²) in [6, 6.07) is 9.46. The van der Waals surface area contributed by atoms with Crippen LogP contribution in [0.3, 0.4) is 0 Å². The first kappa shape index (κ1) is 22.8. The highest BCUT2D eigenvalue weighted by molar-refractivity contribution is 6.42. The van der Waals surface area contributed by atoms with Crippen LogP contribution in [0.15, 0.2) is 36.4 Å². The number of likely N-dealkylation sites (N-methyl/N-ethyl adjacent to an activating group) is 1. The van der Waals surface area contributed by atoms with Crippen LogP contribution in [0.5, 0.6) is 0 Å². The van der Waals surface area contributed by atoms with Crippen molar-refractivity contribution in [3.8, 4) is 0 Å². The summed E-state index contributed by atoms with van der Waals surface area (Å²) in [5.41, 5.74) is 1.41. The molecule has 1 atom stereocenters. The van der Waals surface area contributed by atoms with Gasteiger partial charge >= 0.3 is 0 Å². The summed E-state index contributed by atoms with van der Waals surface area (Å²) in [6.07, 6.45) is 0.535. The summed E-state index contributed by atoms with van der Waals surface area (Å²) in [4.78, 5) is 27.0. The van der Waals surface area contributed by atoms with Gasteiger partial charge in [0.05, 0.1) is 16.5 Å². The zero-order chi connectivity index (χ0) is 20.8. The third kappa shape index (κ3) is 5.77. The maximum Gasteiger partial charge on any atom is 0.242 e. The minimum absolute atomic E-state index is 0.0790. The summed E-state index contributed by atoms with van der Waals surface area (Å²) >= 11 is 24.2. The lowest BCUT2D eigenvalue weighted by Gasteiger charge is -2.30. The fraction of sp³-hybridized carbons (Fsp3) is 0.300. The molecule has 0 radical (unpaired) electrons. The Morgan fingerprint density at radius 1 is 1.00 bits per heavy atom. The minimum atomic E-state index is -0.632. The summed E-state index contributed by atoms with van der Waals surface area (Å²) in [5.74, 6) is -0.463. The van der Waals surface area contributed by atoms with E-state index in [-0.39, 0.29) is 24.8 Å². The first-order chi connectivity index (χ1) is 13.3. The van der Waals surface area contributed by atoms with Crippen LogP contribution in [0.25, 0.3) is 0 Å². The van der Waals surface area contributed by atoms with Gasteiger partial charge in [-0.2, -0.15) is 0 Å². The van der Waals surface area contributed by atoms with Crippen LogP contribution in [0.4, 0.5) is 0 Å². The van der Waals surface area contributed by atoms with Gasteiger partial charge in [-0.25, -0.2) is 0 Å². The van der Waals surface area contributed by atoms with Gasteiger partial charge in [0.2, 0.25) is 11.8 Å². The molecule has 2 aromatic rings. The molecule has 1 unspecified atom stereocenters. The molecule has 2 rings (SSSR count). The Morgan fingerprint density at radius 2 is 1.71 bits per heavy atom. The van der Waals surface area contributed by atoms with Crippen LogP contribution in [0, 0.1) is 0 Å². The molecule has 0 aliphatic carbocycles. The van der Waals surface area contributed by atoms with E-state index in [1.807, 2.05) is 6.92 Å². The SMILES string of the molecule is CCC(C(=O)NC)N(Cc1ccc(Cl)cc1Cl)C(=O)Cc1ccc(Cl)c(Cl)c1. The highest BCUT2D eigenvalue weighted by Gasteiger charge is 2.28. The third-order valence-corrected chi connectivity index (χ3v) is 5.65. The Bertz CT molecular complexity index is 873. The molecule has 0 bridgehead atoms. The van der Waals surface area contributed by atoms with E-state index in [0.717, 1.165) is 0 Å². The number of rotatable bonds is 7. The van der Waals surface area contributed by atoms with Gasteiger partial charge in [-0.15, -0.1) is 0 Å². The zero-order valence-electron chi connectivity index (χ0n) is 15.4. The predicted molar refractivity (Wildman–Crippen MR) is 115 cm³/mol. The van der Waals surface area contributed by atoms with Crippen molar-refractivity contribution in [1.82, 2.24) is 10.2 Å². The molecule has 0 saturated heterocycles. The Balaban J connectivity index is 2.34. The quantitative estimate of drug-likeness (QED) is 0.600. The number of carbonyl (C=O) groups excluding carboxylic acids is 2. The van der Waals surface area contributed by atoms with Crippen molar-refractivity contribution in [1.29, 1.82) is 0 Å². The molecule has 28 heavy (non-hydrogen) atoms. The number of carbonyl (C=O) groups is 2. The number of amides is 2. The fourth-order valence-electron chi connectivity index (χ4n) is 2.85. The monoisotopic (exact) mass is 460 g/mol. The van der Waals surface area contributed by atoms with E-state index in [1.54, 1.807) is 43.4 Å². The predicted octanol–water partition coefficient (Wildman–Crippen LogP) is 5.40. The lowest BCUT2D eigenvalue weighted by atomic mass is 10.1. The summed E-state index contributed by atoms with van der Waals surface area (Å²) < 4.78 is 0. The molecular formula is C20H20Cl4N2O2. The van der Waals surface area contributed by atoms with Crippen LogP contribution in [0.1, 0.15) is 24.5 Å². The molecule has 1 N–H and O–H groups in total. The van der Waals surface area contributed by atoms with Crippen LogP contribution >= 0.6 is 46.4 Å². The van der Waals surface area contributed by atoms with Crippen LogP contribution in [0.2, 0.25) is 20.1 Å². The normalized spacial score (nSPS) is 11.8. The van der Waals surface area contributed by atoms with Gasteiger partial charge in [0.25, 0.3) is 0 Å². The number of hydrogen-bond donors (Lipinski definition) is 1. The van der Waals surface area contributed by atoms with E-state index in [4.69, 9.17) is 46.4 Å². The molecule has 4 nitrogen and oxygen atoms in total. The smallest absolute Gasteiger partial charge is 0.242 e. The first-order valence-electron chi connectivity index (χ1n) is 8.65. The maximum atomic E-state index is 13.1. The molecule has 0 heterocycles. The van der Waals surface area contributed by atoms with E-state index in [1.165, 1.54) is 4.90 Å². The number of benzene rings is 2. The lowest BCUT2D eigenvalue weighted by molar-refractivity contribution is -0.140. The van der Waals surface area contributed by atoms with Gasteiger partial charge in [-0.1, -0.05) is 65.5 Å². The van der Waals surface area contributed by atoms with Crippen molar-refractivity contribution in [2.45, 2.75) is 32.4 Å². The van der Waals surface area contributed by atoms with Crippen molar-refractivity contribution in [2.75, 3.05) is 7.05 Å². The second kappa shape index (κ2) is 10.4. The van der Waals surface area contributed by atoms with Gasteiger partial charge in [0.1, 0.15) is 6.04 Å². The molecule has 2 aromatic carbocycles. The lowest BCUT2D eigenvalue weighted by Crippen LogP contribution is -2.48. The molecule has 150 valence electrons. The number of hydrogen-bond acceptors (Lipinski definition) is 2. The van der Waals surface area contributed by atoms with E-state index < -0.39 is 6.04 Å². The van der Waals surface area contributed by atoms with Crippen molar-refractivity contribution >= 4 is 58.2 Å². The molecular weight excluding hydrogens is 442 g/mol. The highest BCUT2D eigenvalue weighted by Crippen LogP contribution is 2.26. The molecule has 0 saturated carbocycles. The molecule has 0 fully saturated rings. The largest absolute Gasteiger partial charge is 0.357 e. The van der Waals surface area contributed by atoms with Gasteiger partial charge in [0.15, 0.2) is 0 Å². The van der Waals surface area contributed by atoms with Gasteiger partial charge < -0.3 is 10.2 Å². The van der Waals surface area contributed by atoms with E-state index >= 15 is 0 Å². The average Bonchev–Trinajstić information content (AvgIpc) is 2.65. The topological polar surface area (TPSA) is 49.4 Å². The Hall–Kier alpha value is -1.46. The second-order valence-corrected chi connectivity index (χ2v) is 7.88. The Kier molecular flexibility index (Phi) is 8.44. The van der Waals surface area contributed by atoms with Crippen LogP contribution in [-0.2, 0) is 22.6 Å². The van der Waals surface area contributed by atoms with Crippen molar-refractivity contribution in [3.05, 3.63) is 67.6 Å². The highest BCUT2D eigenvalue weighted by atomic mass is 35.5. The number of halogens is 4. The maximum absolute atomic E-state index is 13.1. The molecule has 2 amide bonds. The minimum Gasteiger partial charge on any atom is -0.357 e. The molecule has 0 aliphatic rings. The third-order valence-electron chi connectivity index (χ3n) is 4.33. The Morgan fingerprint density at radius 3 is 2.29 bits per heavy atom. The molecule has 8 heteroatoms. The summed E-state index contributed by atoms with van der Waals surface area (Å²) in [6.45, 7) is 2.03. The van der Waals surface area contributed by atoms with Crippen molar-refractivity contribution in [2.24, 2.45) is 0 Å². The molecule has 0 spiro atoms. The van der Waals surface area contributed by atoms with Gasteiger partial charge in [-0.05, 0) is 41.8 Å². The summed E-state index contributed by atoms with van der Waals surface area (Å²) in [5, 5.41) is 4.34. The zero-order valence-corrected chi connectivity index (χ0v) is 18.5. The molecule has 0 aliphatic heterocycles. The fourth-order valence-corrected chi connectivity index (χ4v) is 3.63. The van der Waals surface area contributed by atoms with Gasteiger partial charge in [-0.3, -0.25) is 9.59 Å². The summed E-state index contributed by atoms with van der Waals surface area (Å²) in [7, 11) is 1.54. The Labute approximate surface area is 184 Å². The second-order valence-electron chi connectivity index (χ2n) is 6.22. The van der Waals surface area contributed by atoms with Crippen LogP contribution < -0.4 is 5.32 Å². The number of nitrogens with one attached hydrogen (secondary N) is 1. The standard InChI is InChI=1S/C20H20Cl4N2O2/c1-3-18(20(28)25-2)26(11-13-5-6-14(21)10-16(13)23)19(27)9-12-4-7-15(22)17(24)8-12/h4-8,10,18H,3,9,11H2,1-2H3,(H,25,28). The first-order valence-corrected chi connectivity index (χ1v) is 10.2. The van der Waals surface area contributed by atoms with Crippen molar-refractivity contribution in [3.63, 3.8) is 0 Å².